The van der Waals surface area contributed by atoms with Gasteiger partial charge in [-0.1, -0.05) is 11.4 Å². The molecular weight excluding hydrogens is 417 g/mol. The van der Waals surface area contributed by atoms with Gasteiger partial charge in [0.1, 0.15) is 6.61 Å². The van der Waals surface area contributed by atoms with Gasteiger partial charge < -0.3 is 18.5 Å². The molecule has 6 nitrogen and oxygen atoms in total. The lowest BCUT2D eigenvalue weighted by molar-refractivity contribution is -0.153. The summed E-state index contributed by atoms with van der Waals surface area (Å²) in [4.78, 5) is 14.8. The zero-order chi connectivity index (χ0) is 21.4. The molecule has 0 bridgehead atoms. The van der Waals surface area contributed by atoms with E-state index < -0.39 is 11.1 Å². The molecule has 1 unspecified atom stereocenters. The molecular formula is C19H38NO5PS2. The molecule has 1 rings (SSSR count). The van der Waals surface area contributed by atoms with E-state index in [2.05, 4.69) is 4.90 Å². The summed E-state index contributed by atoms with van der Waals surface area (Å²) >= 11 is 7.12. The molecule has 0 N–H and O–H groups in total. The molecule has 1 fully saturated rings. The summed E-state index contributed by atoms with van der Waals surface area (Å²) in [5.41, 5.74) is -3.38. The normalized spacial score (nSPS) is 18.9. The molecule has 0 aromatic rings. The first-order chi connectivity index (χ1) is 12.8. The number of carbonyl (C=O) groups excluding carboxylic acids is 1. The SMILES string of the molecule is CC(C)OP(=S)(OC(C)(C)C)SCCOC(=O)C(C)(C)CCN1CCOCC1. The van der Waals surface area contributed by atoms with Crippen LogP contribution in [-0.4, -0.2) is 67.8 Å². The summed E-state index contributed by atoms with van der Waals surface area (Å²) < 4.78 is 22.8. The van der Waals surface area contributed by atoms with Gasteiger partial charge in [-0.3, -0.25) is 9.69 Å². The molecule has 166 valence electrons. The van der Waals surface area contributed by atoms with Crippen LogP contribution in [0.5, 0.6) is 0 Å². The van der Waals surface area contributed by atoms with Crippen molar-refractivity contribution in [1.82, 2.24) is 4.90 Å². The van der Waals surface area contributed by atoms with Crippen molar-refractivity contribution in [2.75, 3.05) is 45.2 Å². The Bertz CT molecular complexity index is 531. The highest BCUT2D eigenvalue weighted by atomic mass is 32.9. The third-order valence-corrected chi connectivity index (χ3v) is 9.53. The number of nitrogens with zero attached hydrogens (tertiary/aromatic N) is 1. The van der Waals surface area contributed by atoms with Crippen LogP contribution < -0.4 is 0 Å². The maximum atomic E-state index is 12.5. The van der Waals surface area contributed by atoms with Crippen LogP contribution in [0.15, 0.2) is 0 Å². The summed E-state index contributed by atoms with van der Waals surface area (Å²) in [5, 5.41) is 0. The highest BCUT2D eigenvalue weighted by Gasteiger charge is 2.31. The highest BCUT2D eigenvalue weighted by molar-refractivity contribution is 8.67. The predicted molar refractivity (Wildman–Crippen MR) is 120 cm³/mol. The summed E-state index contributed by atoms with van der Waals surface area (Å²) in [6, 6.07) is 0. The predicted octanol–water partition coefficient (Wildman–Crippen LogP) is 4.48. The van der Waals surface area contributed by atoms with E-state index in [4.69, 9.17) is 30.3 Å². The van der Waals surface area contributed by atoms with Gasteiger partial charge in [0.2, 0.25) is 5.69 Å². The van der Waals surface area contributed by atoms with E-state index in [1.165, 1.54) is 11.4 Å². The number of rotatable bonds is 11. The molecule has 1 aliphatic heterocycles. The Morgan fingerprint density at radius 1 is 1.21 bits per heavy atom. The summed E-state index contributed by atoms with van der Waals surface area (Å²) in [6.07, 6.45) is 0.753. The van der Waals surface area contributed by atoms with Crippen LogP contribution in [0, 0.1) is 5.41 Å². The van der Waals surface area contributed by atoms with E-state index in [9.17, 15) is 4.79 Å². The fraction of sp³-hybridized carbons (Fsp3) is 0.947. The summed E-state index contributed by atoms with van der Waals surface area (Å²) in [5.74, 6) is 0.391. The van der Waals surface area contributed by atoms with Gasteiger partial charge in [0, 0.05) is 18.8 Å². The Hall–Kier alpha value is 0.310. The number of hydrogen-bond acceptors (Lipinski definition) is 8. The first kappa shape index (κ1) is 26.3. The Morgan fingerprint density at radius 2 is 1.82 bits per heavy atom. The minimum absolute atomic E-state index is 0.0117. The molecule has 9 heteroatoms. The summed E-state index contributed by atoms with van der Waals surface area (Å²) in [6.45, 7) is 18.3. The molecule has 0 amide bonds. The van der Waals surface area contributed by atoms with E-state index in [0.717, 1.165) is 39.3 Å². The standard InChI is InChI=1S/C19H38NO5PS2/c1-16(2)24-26(27,25-18(3,4)5)28-15-14-23-17(21)19(6,7)8-9-20-10-12-22-13-11-20/h16H,8-15H2,1-7H3. The fourth-order valence-corrected chi connectivity index (χ4v) is 8.52. The molecule has 0 aliphatic carbocycles. The van der Waals surface area contributed by atoms with Crippen molar-refractivity contribution in [3.05, 3.63) is 0 Å². The van der Waals surface area contributed by atoms with Crippen LogP contribution in [0.1, 0.15) is 54.9 Å². The zero-order valence-electron chi connectivity index (χ0n) is 18.5. The van der Waals surface area contributed by atoms with Crippen LogP contribution in [0.3, 0.4) is 0 Å². The molecule has 1 saturated heterocycles. The van der Waals surface area contributed by atoms with Gasteiger partial charge >= 0.3 is 5.97 Å². The van der Waals surface area contributed by atoms with Crippen molar-refractivity contribution < 1.29 is 23.3 Å². The van der Waals surface area contributed by atoms with Gasteiger partial charge in [-0.05, 0) is 73.2 Å². The third kappa shape index (κ3) is 10.9. The topological polar surface area (TPSA) is 57.2 Å². The van der Waals surface area contributed by atoms with Crippen molar-refractivity contribution >= 4 is 34.9 Å². The van der Waals surface area contributed by atoms with Crippen molar-refractivity contribution in [2.45, 2.75) is 66.6 Å². The maximum Gasteiger partial charge on any atom is 0.311 e. The van der Waals surface area contributed by atoms with E-state index in [-0.39, 0.29) is 17.7 Å². The molecule has 1 heterocycles. The van der Waals surface area contributed by atoms with Crippen LogP contribution >= 0.6 is 17.1 Å². The highest BCUT2D eigenvalue weighted by Crippen LogP contribution is 2.63. The number of esters is 1. The van der Waals surface area contributed by atoms with E-state index in [1.54, 1.807) is 0 Å². The zero-order valence-corrected chi connectivity index (χ0v) is 21.0. The molecule has 0 spiro atoms. The molecule has 0 aromatic heterocycles. The summed E-state index contributed by atoms with van der Waals surface area (Å²) in [7, 11) is 0. The van der Waals surface area contributed by atoms with Gasteiger partial charge in [-0.25, -0.2) is 0 Å². The van der Waals surface area contributed by atoms with E-state index in [0.29, 0.717) is 12.4 Å². The Balaban J connectivity index is 2.42. The van der Waals surface area contributed by atoms with Crippen LogP contribution in [0.4, 0.5) is 0 Å². The molecule has 0 aromatic carbocycles. The van der Waals surface area contributed by atoms with Crippen LogP contribution in [0.2, 0.25) is 0 Å². The van der Waals surface area contributed by atoms with Gasteiger partial charge in [0.05, 0.1) is 30.3 Å². The minimum atomic E-state index is -2.49. The third-order valence-electron chi connectivity index (χ3n) is 4.00. The molecule has 0 radical (unpaired) electrons. The number of morpholine rings is 1. The van der Waals surface area contributed by atoms with Crippen molar-refractivity contribution in [3.63, 3.8) is 0 Å². The molecule has 1 atom stereocenters. The lowest BCUT2D eigenvalue weighted by Gasteiger charge is -2.31. The maximum absolute atomic E-state index is 12.5. The smallest absolute Gasteiger partial charge is 0.311 e. The van der Waals surface area contributed by atoms with Gasteiger partial charge in [-0.2, -0.15) is 0 Å². The van der Waals surface area contributed by atoms with Gasteiger partial charge in [-0.15, -0.1) is 0 Å². The van der Waals surface area contributed by atoms with Crippen molar-refractivity contribution in [2.24, 2.45) is 5.41 Å². The second-order valence-corrected chi connectivity index (χ2v) is 15.2. The quantitative estimate of drug-likeness (QED) is 0.257. The number of ether oxygens (including phenoxy) is 2. The Morgan fingerprint density at radius 3 is 2.36 bits per heavy atom. The van der Waals surface area contributed by atoms with E-state index >= 15 is 0 Å². The average Bonchev–Trinajstić information content (AvgIpc) is 2.55. The molecule has 0 saturated carbocycles. The average molecular weight is 456 g/mol. The second kappa shape index (κ2) is 11.6. The van der Waals surface area contributed by atoms with E-state index in [1.807, 2.05) is 48.5 Å². The van der Waals surface area contributed by atoms with Crippen LogP contribution in [-0.2, 0) is 35.1 Å². The Labute approximate surface area is 180 Å². The fourth-order valence-electron chi connectivity index (χ4n) is 2.52. The molecule has 1 aliphatic rings. The first-order valence-corrected chi connectivity index (χ1v) is 14.2. The van der Waals surface area contributed by atoms with Crippen molar-refractivity contribution in [3.8, 4) is 0 Å². The monoisotopic (exact) mass is 455 g/mol. The molecule has 28 heavy (non-hydrogen) atoms. The van der Waals surface area contributed by atoms with Gasteiger partial charge in [0.25, 0.3) is 0 Å². The van der Waals surface area contributed by atoms with Gasteiger partial charge in [0.15, 0.2) is 0 Å². The van der Waals surface area contributed by atoms with Crippen LogP contribution in [0.25, 0.3) is 0 Å². The second-order valence-electron chi connectivity index (χ2n) is 8.86. The minimum Gasteiger partial charge on any atom is -0.464 e. The first-order valence-electron chi connectivity index (χ1n) is 9.94. The lowest BCUT2D eigenvalue weighted by atomic mass is 9.89. The number of carbonyl (C=O) groups is 1. The lowest BCUT2D eigenvalue weighted by Crippen LogP contribution is -2.39. The largest absolute Gasteiger partial charge is 0.464 e. The number of hydrogen-bond donors (Lipinski definition) is 0. The Kier molecular flexibility index (Phi) is 10.9. The van der Waals surface area contributed by atoms with Crippen molar-refractivity contribution in [1.29, 1.82) is 0 Å².